The van der Waals surface area contributed by atoms with E-state index < -0.39 is 15.4 Å². The maximum atomic E-state index is 11.6. The van der Waals surface area contributed by atoms with Crippen LogP contribution in [0.2, 0.25) is 0 Å². The Morgan fingerprint density at radius 2 is 2.00 bits per heavy atom. The van der Waals surface area contributed by atoms with Crippen LogP contribution in [-0.2, 0) is 15.5 Å². The molecule has 1 aromatic carbocycles. The van der Waals surface area contributed by atoms with E-state index in [2.05, 4.69) is 18.7 Å². The van der Waals surface area contributed by atoms with Gasteiger partial charge in [-0.15, -0.1) is 0 Å². The molecule has 1 fully saturated rings. The van der Waals surface area contributed by atoms with Crippen LogP contribution in [0.1, 0.15) is 56.4 Å². The molecule has 2 aliphatic rings. The van der Waals surface area contributed by atoms with E-state index >= 15 is 0 Å². The van der Waals surface area contributed by atoms with E-state index in [1.807, 2.05) is 12.1 Å². The number of fused-ring (bicyclic) bond motifs is 1. The monoisotopic (exact) mass is 339 g/mol. The first-order chi connectivity index (χ1) is 10.7. The Bertz CT molecular complexity index is 693. The minimum absolute atomic E-state index is 0.0129. The molecule has 2 unspecified atom stereocenters. The van der Waals surface area contributed by atoms with Crippen LogP contribution in [0.4, 0.5) is 0 Å². The highest BCUT2D eigenvalue weighted by Gasteiger charge is 2.45. The van der Waals surface area contributed by atoms with E-state index in [4.69, 9.17) is 4.74 Å². The molecule has 3 rings (SSSR count). The van der Waals surface area contributed by atoms with Gasteiger partial charge in [-0.25, -0.2) is 0 Å². The third-order valence-corrected chi connectivity index (χ3v) is 6.45. The maximum Gasteiger partial charge on any atom is 0.271 e. The minimum atomic E-state index is -4.10. The summed E-state index contributed by atoms with van der Waals surface area (Å²) < 4.78 is 38.9. The van der Waals surface area contributed by atoms with Gasteiger partial charge in [-0.2, -0.15) is 8.42 Å². The molecule has 2 atom stereocenters. The largest absolute Gasteiger partial charge is 0.474 e. The molecule has 0 radical (unpaired) electrons. The average Bonchev–Trinajstić information content (AvgIpc) is 3.05. The van der Waals surface area contributed by atoms with Crippen molar-refractivity contribution in [1.29, 1.82) is 0 Å². The molecule has 0 bridgehead atoms. The maximum absolute atomic E-state index is 11.6. The first kappa shape index (κ1) is 16.7. The third-order valence-electron chi connectivity index (χ3n) is 5.13. The Morgan fingerprint density at radius 3 is 2.57 bits per heavy atom. The molecule has 0 aromatic heterocycles. The van der Waals surface area contributed by atoms with E-state index in [0.717, 1.165) is 24.4 Å². The zero-order valence-corrected chi connectivity index (χ0v) is 14.8. The van der Waals surface area contributed by atoms with Crippen molar-refractivity contribution >= 4 is 10.1 Å². The van der Waals surface area contributed by atoms with Crippen LogP contribution in [-0.4, -0.2) is 37.2 Å². The fourth-order valence-corrected chi connectivity index (χ4v) is 4.79. The van der Waals surface area contributed by atoms with Gasteiger partial charge in [-0.3, -0.25) is 9.45 Å². The number of rotatable bonds is 4. The van der Waals surface area contributed by atoms with Crippen molar-refractivity contribution in [1.82, 2.24) is 4.90 Å². The summed E-state index contributed by atoms with van der Waals surface area (Å²) in [4.78, 5) is 2.36. The Labute approximate surface area is 138 Å². The lowest BCUT2D eigenvalue weighted by Gasteiger charge is -2.33. The summed E-state index contributed by atoms with van der Waals surface area (Å²) in [6.07, 6.45) is 2.71. The molecule has 2 heterocycles. The van der Waals surface area contributed by atoms with E-state index in [9.17, 15) is 13.0 Å². The molecule has 128 valence electrons. The van der Waals surface area contributed by atoms with Crippen LogP contribution in [0.25, 0.3) is 0 Å². The van der Waals surface area contributed by atoms with Gasteiger partial charge in [-0.1, -0.05) is 26.8 Å². The van der Waals surface area contributed by atoms with Gasteiger partial charge in [0, 0.05) is 24.1 Å². The molecule has 23 heavy (non-hydrogen) atoms. The predicted octanol–water partition coefficient (Wildman–Crippen LogP) is 3.12. The number of ether oxygens (including phenoxy) is 1. The molecular formula is C17H25NO4S. The number of likely N-dealkylation sites (tertiary alicyclic amines) is 1. The van der Waals surface area contributed by atoms with Crippen LogP contribution in [0.5, 0.6) is 5.75 Å². The van der Waals surface area contributed by atoms with Crippen molar-refractivity contribution in [3.8, 4) is 5.75 Å². The van der Waals surface area contributed by atoms with Crippen molar-refractivity contribution in [2.24, 2.45) is 0 Å². The predicted molar refractivity (Wildman–Crippen MR) is 89.3 cm³/mol. The molecule has 0 aliphatic carbocycles. The molecule has 0 spiro atoms. The smallest absolute Gasteiger partial charge is 0.271 e. The summed E-state index contributed by atoms with van der Waals surface area (Å²) in [7, 11) is -4.10. The van der Waals surface area contributed by atoms with Crippen LogP contribution in [0, 0.1) is 0 Å². The lowest BCUT2D eigenvalue weighted by atomic mass is 9.82. The highest BCUT2D eigenvalue weighted by Crippen LogP contribution is 2.46. The molecule has 1 saturated heterocycles. The lowest BCUT2D eigenvalue weighted by Crippen LogP contribution is -2.46. The standard InChI is InChI=1S/C17H25NO4S/c1-4-15(23(19,20)21)12-7-8-14-13(11-12)17(2,3)16(22-14)18-9-5-6-10-18/h7-8,11,15-16H,4-6,9-10H2,1-3H3,(H,19,20,21). The summed E-state index contributed by atoms with van der Waals surface area (Å²) >= 11 is 0. The van der Waals surface area contributed by atoms with Crippen LogP contribution < -0.4 is 4.74 Å². The fourth-order valence-electron chi connectivity index (χ4n) is 3.88. The van der Waals surface area contributed by atoms with E-state index in [1.165, 1.54) is 12.8 Å². The van der Waals surface area contributed by atoms with Gasteiger partial charge in [0.15, 0.2) is 6.23 Å². The van der Waals surface area contributed by atoms with Crippen molar-refractivity contribution in [2.75, 3.05) is 13.1 Å². The summed E-state index contributed by atoms with van der Waals surface area (Å²) in [6.45, 7) is 8.12. The number of nitrogens with zero attached hydrogens (tertiary/aromatic N) is 1. The molecule has 5 nitrogen and oxygen atoms in total. The summed E-state index contributed by atoms with van der Waals surface area (Å²) in [5.41, 5.74) is 1.44. The lowest BCUT2D eigenvalue weighted by molar-refractivity contribution is 0.0143. The van der Waals surface area contributed by atoms with E-state index in [-0.39, 0.29) is 11.6 Å². The summed E-state index contributed by atoms with van der Waals surface area (Å²) in [6, 6.07) is 5.49. The second-order valence-electron chi connectivity index (χ2n) is 7.10. The SMILES string of the molecule is CCC(c1ccc2c(c1)C(C)(C)C(N1CCCC1)O2)S(=O)(=O)O. The number of benzene rings is 1. The van der Waals surface area contributed by atoms with Crippen LogP contribution in [0.3, 0.4) is 0 Å². The normalized spacial score (nSPS) is 25.1. The topological polar surface area (TPSA) is 66.8 Å². The van der Waals surface area contributed by atoms with Gasteiger partial charge in [-0.05, 0) is 37.0 Å². The highest BCUT2D eigenvalue weighted by molar-refractivity contribution is 7.86. The Hall–Kier alpha value is -1.11. The van der Waals surface area contributed by atoms with Gasteiger partial charge in [0.1, 0.15) is 11.0 Å². The fraction of sp³-hybridized carbons (Fsp3) is 0.647. The van der Waals surface area contributed by atoms with Crippen LogP contribution in [0.15, 0.2) is 18.2 Å². The minimum Gasteiger partial charge on any atom is -0.474 e. The summed E-state index contributed by atoms with van der Waals surface area (Å²) in [5.74, 6) is 0.820. The number of hydrogen-bond donors (Lipinski definition) is 1. The first-order valence-corrected chi connectivity index (χ1v) is 9.77. The molecule has 6 heteroatoms. The van der Waals surface area contributed by atoms with Crippen molar-refractivity contribution in [3.63, 3.8) is 0 Å². The third kappa shape index (κ3) is 2.88. The Balaban J connectivity index is 1.97. The average molecular weight is 339 g/mol. The molecular weight excluding hydrogens is 314 g/mol. The van der Waals surface area contributed by atoms with Crippen LogP contribution >= 0.6 is 0 Å². The molecule has 1 N–H and O–H groups in total. The summed E-state index contributed by atoms with van der Waals surface area (Å²) in [5, 5.41) is -0.880. The van der Waals surface area contributed by atoms with E-state index in [0.29, 0.717) is 12.0 Å². The van der Waals surface area contributed by atoms with Gasteiger partial charge in [0.2, 0.25) is 0 Å². The zero-order valence-electron chi connectivity index (χ0n) is 13.9. The molecule has 1 aromatic rings. The van der Waals surface area contributed by atoms with Gasteiger partial charge in [0.05, 0.1) is 0 Å². The van der Waals surface area contributed by atoms with Crippen molar-refractivity contribution in [3.05, 3.63) is 29.3 Å². The van der Waals surface area contributed by atoms with Crippen molar-refractivity contribution in [2.45, 2.75) is 56.9 Å². The number of hydrogen-bond acceptors (Lipinski definition) is 4. The van der Waals surface area contributed by atoms with Gasteiger partial charge >= 0.3 is 0 Å². The highest BCUT2D eigenvalue weighted by atomic mass is 32.2. The molecule has 0 saturated carbocycles. The van der Waals surface area contributed by atoms with Gasteiger partial charge < -0.3 is 4.74 Å². The van der Waals surface area contributed by atoms with E-state index in [1.54, 1.807) is 13.0 Å². The molecule has 2 aliphatic heterocycles. The zero-order chi connectivity index (χ0) is 16.8. The second-order valence-corrected chi connectivity index (χ2v) is 8.70. The Morgan fingerprint density at radius 1 is 1.35 bits per heavy atom. The first-order valence-electron chi connectivity index (χ1n) is 8.26. The second kappa shape index (κ2) is 5.76. The van der Waals surface area contributed by atoms with Crippen molar-refractivity contribution < 1.29 is 17.7 Å². The van der Waals surface area contributed by atoms with Gasteiger partial charge in [0.25, 0.3) is 10.1 Å². The molecule has 0 amide bonds. The quantitative estimate of drug-likeness (QED) is 0.854. The Kier molecular flexibility index (Phi) is 4.19.